The predicted molar refractivity (Wildman–Crippen MR) is 80.4 cm³/mol. The van der Waals surface area contributed by atoms with Gasteiger partial charge in [-0.25, -0.2) is 0 Å². The van der Waals surface area contributed by atoms with E-state index in [-0.39, 0.29) is 5.91 Å². The molecule has 20 heavy (non-hydrogen) atoms. The molecule has 1 heterocycles. The first-order valence-corrected chi connectivity index (χ1v) is 8.11. The molecule has 4 unspecified atom stereocenters. The fourth-order valence-corrected chi connectivity index (χ4v) is 3.70. The van der Waals surface area contributed by atoms with Crippen LogP contribution in [0.4, 0.5) is 0 Å². The maximum atomic E-state index is 12.2. The molecule has 2 fully saturated rings. The van der Waals surface area contributed by atoms with Crippen LogP contribution in [-0.2, 0) is 4.79 Å². The second-order valence-corrected chi connectivity index (χ2v) is 7.25. The minimum atomic E-state index is -0.634. The average Bonchev–Trinajstić information content (AvgIpc) is 2.33. The minimum absolute atomic E-state index is 0.119. The molecule has 4 nitrogen and oxygen atoms in total. The highest BCUT2D eigenvalue weighted by molar-refractivity contribution is 5.78. The monoisotopic (exact) mass is 282 g/mol. The van der Waals surface area contributed by atoms with Gasteiger partial charge in [0, 0.05) is 12.6 Å². The lowest BCUT2D eigenvalue weighted by molar-refractivity contribution is -0.125. The lowest BCUT2D eigenvalue weighted by Crippen LogP contribution is -2.52. The van der Waals surface area contributed by atoms with Gasteiger partial charge in [0.1, 0.15) is 0 Å². The van der Waals surface area contributed by atoms with Crippen LogP contribution in [-0.4, -0.2) is 47.2 Å². The van der Waals surface area contributed by atoms with Gasteiger partial charge in [-0.05, 0) is 44.6 Å². The van der Waals surface area contributed by atoms with Gasteiger partial charge in [-0.15, -0.1) is 0 Å². The maximum absolute atomic E-state index is 12.2. The van der Waals surface area contributed by atoms with Crippen molar-refractivity contribution in [3.8, 4) is 0 Å². The summed E-state index contributed by atoms with van der Waals surface area (Å²) in [6.07, 6.45) is 5.41. The third-order valence-electron chi connectivity index (χ3n) is 5.17. The SMILES string of the molecule is CC1CCCC(NC(=O)CN2CCCC(C)(O)C2)C1C. The van der Waals surface area contributed by atoms with E-state index >= 15 is 0 Å². The van der Waals surface area contributed by atoms with Crippen LogP contribution in [0.2, 0.25) is 0 Å². The van der Waals surface area contributed by atoms with Crippen LogP contribution in [0.5, 0.6) is 0 Å². The Balaban J connectivity index is 1.80. The zero-order valence-electron chi connectivity index (χ0n) is 13.2. The summed E-state index contributed by atoms with van der Waals surface area (Å²) in [6.45, 7) is 8.35. The Morgan fingerprint density at radius 1 is 1.35 bits per heavy atom. The first kappa shape index (κ1) is 15.8. The number of carbonyl (C=O) groups excluding carboxylic acids is 1. The van der Waals surface area contributed by atoms with Gasteiger partial charge in [0.2, 0.25) is 5.91 Å². The molecule has 0 aromatic heterocycles. The molecule has 0 aromatic carbocycles. The first-order chi connectivity index (χ1) is 9.37. The molecule has 4 heteroatoms. The summed E-state index contributed by atoms with van der Waals surface area (Å²) in [5.74, 6) is 1.38. The number of hydrogen-bond acceptors (Lipinski definition) is 3. The van der Waals surface area contributed by atoms with Crippen LogP contribution < -0.4 is 5.32 Å². The highest BCUT2D eigenvalue weighted by Gasteiger charge is 2.31. The zero-order valence-corrected chi connectivity index (χ0v) is 13.2. The molecule has 1 saturated carbocycles. The highest BCUT2D eigenvalue weighted by atomic mass is 16.3. The molecule has 116 valence electrons. The van der Waals surface area contributed by atoms with Gasteiger partial charge in [-0.3, -0.25) is 9.69 Å². The average molecular weight is 282 g/mol. The van der Waals surface area contributed by atoms with Crippen molar-refractivity contribution in [1.29, 1.82) is 0 Å². The van der Waals surface area contributed by atoms with Crippen molar-refractivity contribution < 1.29 is 9.90 Å². The smallest absolute Gasteiger partial charge is 0.234 e. The summed E-state index contributed by atoms with van der Waals surface area (Å²) in [5.41, 5.74) is -0.634. The molecule has 1 aliphatic heterocycles. The molecular formula is C16H30N2O2. The number of aliphatic hydroxyl groups is 1. The highest BCUT2D eigenvalue weighted by Crippen LogP contribution is 2.29. The minimum Gasteiger partial charge on any atom is -0.389 e. The topological polar surface area (TPSA) is 52.6 Å². The van der Waals surface area contributed by atoms with Crippen molar-refractivity contribution in [1.82, 2.24) is 10.2 Å². The molecule has 0 radical (unpaired) electrons. The van der Waals surface area contributed by atoms with Crippen molar-refractivity contribution in [2.75, 3.05) is 19.6 Å². The van der Waals surface area contributed by atoms with Crippen molar-refractivity contribution in [3.63, 3.8) is 0 Å². The molecule has 1 saturated heterocycles. The van der Waals surface area contributed by atoms with Crippen molar-refractivity contribution in [2.24, 2.45) is 11.8 Å². The van der Waals surface area contributed by atoms with Crippen LogP contribution >= 0.6 is 0 Å². The summed E-state index contributed by atoms with van der Waals surface area (Å²) >= 11 is 0. The van der Waals surface area contributed by atoms with Crippen LogP contribution in [0.3, 0.4) is 0 Å². The molecule has 0 bridgehead atoms. The van der Waals surface area contributed by atoms with Crippen molar-refractivity contribution in [2.45, 2.75) is 64.5 Å². The molecule has 0 aromatic rings. The lowest BCUT2D eigenvalue weighted by atomic mass is 9.78. The Kier molecular flexibility index (Phi) is 5.08. The standard InChI is InChI=1S/C16H30N2O2/c1-12-6-4-7-14(13(12)2)17-15(19)10-18-9-5-8-16(3,20)11-18/h12-14,20H,4-11H2,1-3H3,(H,17,19). The Labute approximate surface area is 122 Å². The predicted octanol–water partition coefficient (Wildman–Crippen LogP) is 1.77. The van der Waals surface area contributed by atoms with Gasteiger partial charge in [0.05, 0.1) is 12.1 Å². The van der Waals surface area contributed by atoms with Gasteiger partial charge in [0.25, 0.3) is 0 Å². The maximum Gasteiger partial charge on any atom is 0.234 e. The number of carbonyl (C=O) groups is 1. The number of hydrogen-bond donors (Lipinski definition) is 2. The summed E-state index contributed by atoms with van der Waals surface area (Å²) in [6, 6.07) is 0.330. The number of nitrogens with zero attached hydrogens (tertiary/aromatic N) is 1. The lowest BCUT2D eigenvalue weighted by Gasteiger charge is -2.38. The van der Waals surface area contributed by atoms with Gasteiger partial charge >= 0.3 is 0 Å². The number of β-amino-alcohol motifs (C(OH)–C–C–N with tert-alkyl or cyclic N) is 1. The fraction of sp³-hybridized carbons (Fsp3) is 0.938. The summed E-state index contributed by atoms with van der Waals surface area (Å²) in [4.78, 5) is 14.3. The second-order valence-electron chi connectivity index (χ2n) is 7.25. The second kappa shape index (κ2) is 6.44. The number of nitrogens with one attached hydrogen (secondary N) is 1. The van der Waals surface area contributed by atoms with Crippen LogP contribution in [0, 0.1) is 11.8 Å². The summed E-state index contributed by atoms with van der Waals surface area (Å²) in [5, 5.41) is 13.3. The van der Waals surface area contributed by atoms with E-state index in [1.807, 2.05) is 6.92 Å². The number of likely N-dealkylation sites (tertiary alicyclic amines) is 1. The van der Waals surface area contributed by atoms with E-state index in [1.54, 1.807) is 0 Å². The Bertz CT molecular complexity index is 343. The van der Waals surface area contributed by atoms with E-state index in [0.717, 1.165) is 25.8 Å². The van der Waals surface area contributed by atoms with Gasteiger partial charge in [0.15, 0.2) is 0 Å². The van der Waals surface area contributed by atoms with E-state index < -0.39 is 5.60 Å². The molecule has 2 aliphatic rings. The number of rotatable bonds is 3. The third-order valence-corrected chi connectivity index (χ3v) is 5.17. The van der Waals surface area contributed by atoms with E-state index in [1.165, 1.54) is 12.8 Å². The molecule has 4 atom stereocenters. The van der Waals surface area contributed by atoms with Crippen LogP contribution in [0.1, 0.15) is 52.9 Å². The number of amides is 1. The third kappa shape index (κ3) is 4.19. The Morgan fingerprint density at radius 3 is 2.80 bits per heavy atom. The molecule has 1 aliphatic carbocycles. The molecule has 1 amide bonds. The molecular weight excluding hydrogens is 252 g/mol. The normalized spacial score (nSPS) is 39.5. The van der Waals surface area contributed by atoms with Crippen molar-refractivity contribution in [3.05, 3.63) is 0 Å². The Morgan fingerprint density at radius 2 is 2.10 bits per heavy atom. The summed E-state index contributed by atoms with van der Waals surface area (Å²) < 4.78 is 0. The van der Waals surface area contributed by atoms with Crippen LogP contribution in [0.15, 0.2) is 0 Å². The fourth-order valence-electron chi connectivity index (χ4n) is 3.70. The number of piperidine rings is 1. The van der Waals surface area contributed by atoms with Gasteiger partial charge < -0.3 is 10.4 Å². The van der Waals surface area contributed by atoms with Crippen LogP contribution in [0.25, 0.3) is 0 Å². The largest absolute Gasteiger partial charge is 0.389 e. The zero-order chi connectivity index (χ0) is 14.8. The quantitative estimate of drug-likeness (QED) is 0.829. The van der Waals surface area contributed by atoms with E-state index in [9.17, 15) is 9.90 Å². The van der Waals surface area contributed by atoms with E-state index in [0.29, 0.717) is 31.0 Å². The van der Waals surface area contributed by atoms with Gasteiger partial charge in [-0.1, -0.05) is 26.7 Å². The van der Waals surface area contributed by atoms with Gasteiger partial charge in [-0.2, -0.15) is 0 Å². The Hall–Kier alpha value is -0.610. The van der Waals surface area contributed by atoms with E-state index in [4.69, 9.17) is 0 Å². The first-order valence-electron chi connectivity index (χ1n) is 8.11. The molecule has 0 spiro atoms. The summed E-state index contributed by atoms with van der Waals surface area (Å²) in [7, 11) is 0. The van der Waals surface area contributed by atoms with Crippen molar-refractivity contribution >= 4 is 5.91 Å². The van der Waals surface area contributed by atoms with E-state index in [2.05, 4.69) is 24.1 Å². The molecule has 2 rings (SSSR count). The molecule has 2 N–H and O–H groups in total.